The zero-order valence-corrected chi connectivity index (χ0v) is 20.2. The molecule has 4 aromatic rings. The van der Waals surface area contributed by atoms with E-state index in [9.17, 15) is 9.59 Å². The number of rotatable bonds is 9. The summed E-state index contributed by atoms with van der Waals surface area (Å²) >= 11 is 1.24. The molecule has 2 amide bonds. The molecule has 0 aliphatic heterocycles. The van der Waals surface area contributed by atoms with Crippen LogP contribution in [0, 0.1) is 0 Å². The van der Waals surface area contributed by atoms with Crippen molar-refractivity contribution in [2.45, 2.75) is 18.1 Å². The molecule has 1 heterocycles. The highest BCUT2D eigenvalue weighted by Gasteiger charge is 2.17. The molecule has 3 aromatic carbocycles. The summed E-state index contributed by atoms with van der Waals surface area (Å²) in [5.74, 6) is 0.231. The summed E-state index contributed by atoms with van der Waals surface area (Å²) in [7, 11) is 1.59. The number of carbonyl (C=O) groups excluding carboxylic acids is 2. The first-order valence-corrected chi connectivity index (χ1v) is 12.0. The lowest BCUT2D eigenvalue weighted by Crippen LogP contribution is -2.28. The van der Waals surface area contributed by atoms with Crippen LogP contribution in [0.3, 0.4) is 0 Å². The van der Waals surface area contributed by atoms with Crippen LogP contribution in [0.25, 0.3) is 5.69 Å². The van der Waals surface area contributed by atoms with Gasteiger partial charge in [-0.2, -0.15) is 0 Å². The highest BCUT2D eigenvalue weighted by atomic mass is 32.2. The Labute approximate surface area is 207 Å². The zero-order chi connectivity index (χ0) is 24.6. The third kappa shape index (κ3) is 5.88. The number of hydrogen-bond acceptors (Lipinski definition) is 6. The lowest BCUT2D eigenvalue weighted by Gasteiger charge is -2.16. The molecule has 0 aliphatic carbocycles. The first-order valence-electron chi connectivity index (χ1n) is 11.0. The number of hydrogen-bond donors (Lipinski definition) is 2. The van der Waals surface area contributed by atoms with Gasteiger partial charge in [0.05, 0.1) is 35.8 Å². The molecule has 4 rings (SSSR count). The fraction of sp³-hybridized carbons (Fsp3) is 0.154. The van der Waals surface area contributed by atoms with Gasteiger partial charge in [0.2, 0.25) is 5.91 Å². The molecule has 0 radical (unpaired) electrons. The predicted octanol–water partition coefficient (Wildman–Crippen LogP) is 4.50. The minimum absolute atomic E-state index is 0.0875. The molecule has 8 nitrogen and oxygen atoms in total. The van der Waals surface area contributed by atoms with Gasteiger partial charge in [-0.25, -0.2) is 0 Å². The summed E-state index contributed by atoms with van der Waals surface area (Å²) in [5, 5.41) is 14.5. The Kier molecular flexibility index (Phi) is 7.79. The Hall–Kier alpha value is -4.11. The summed E-state index contributed by atoms with van der Waals surface area (Å²) < 4.78 is 7.18. The third-order valence-corrected chi connectivity index (χ3v) is 6.23. The van der Waals surface area contributed by atoms with Gasteiger partial charge in [-0.15, -0.1) is 10.2 Å². The number of nitrogens with zero attached hydrogens (tertiary/aromatic N) is 3. The van der Waals surface area contributed by atoms with Crippen LogP contribution in [0.4, 0.5) is 5.69 Å². The van der Waals surface area contributed by atoms with Gasteiger partial charge in [-0.1, -0.05) is 66.4 Å². The van der Waals surface area contributed by atoms with E-state index in [2.05, 4.69) is 20.8 Å². The van der Waals surface area contributed by atoms with Crippen molar-refractivity contribution < 1.29 is 14.3 Å². The number of anilines is 1. The number of aromatic nitrogens is 3. The van der Waals surface area contributed by atoms with E-state index in [0.717, 1.165) is 11.3 Å². The second kappa shape index (κ2) is 11.3. The van der Waals surface area contributed by atoms with Crippen molar-refractivity contribution in [3.8, 4) is 11.4 Å². The van der Waals surface area contributed by atoms with Gasteiger partial charge in [0.1, 0.15) is 12.1 Å². The molecule has 2 N–H and O–H groups in total. The first-order chi connectivity index (χ1) is 17.1. The van der Waals surface area contributed by atoms with Crippen LogP contribution in [0.15, 0.2) is 90.3 Å². The molecule has 9 heteroatoms. The summed E-state index contributed by atoms with van der Waals surface area (Å²) in [6.45, 7) is 1.92. The summed E-state index contributed by atoms with van der Waals surface area (Å²) in [5.41, 5.74) is 2.61. The molecule has 0 unspecified atom stereocenters. The molecule has 0 saturated heterocycles. The van der Waals surface area contributed by atoms with Crippen LogP contribution in [0.5, 0.6) is 5.75 Å². The van der Waals surface area contributed by atoms with E-state index in [-0.39, 0.29) is 23.6 Å². The number of nitrogens with one attached hydrogen (secondary N) is 2. The third-order valence-electron chi connectivity index (χ3n) is 5.29. The molecule has 35 heavy (non-hydrogen) atoms. The number of methoxy groups -OCH3 is 1. The highest BCUT2D eigenvalue weighted by Crippen LogP contribution is 2.27. The van der Waals surface area contributed by atoms with Crippen molar-refractivity contribution >= 4 is 29.3 Å². The zero-order valence-electron chi connectivity index (χ0n) is 19.3. The van der Waals surface area contributed by atoms with Crippen molar-refractivity contribution in [3.63, 3.8) is 0 Å². The Morgan fingerprint density at radius 3 is 2.51 bits per heavy atom. The molecule has 0 bridgehead atoms. The van der Waals surface area contributed by atoms with E-state index < -0.39 is 0 Å². The molecule has 0 spiro atoms. The lowest BCUT2D eigenvalue weighted by atomic mass is 10.1. The van der Waals surface area contributed by atoms with Crippen molar-refractivity contribution in [1.29, 1.82) is 0 Å². The second-order valence-corrected chi connectivity index (χ2v) is 8.59. The van der Waals surface area contributed by atoms with E-state index in [1.54, 1.807) is 42.3 Å². The molecule has 178 valence electrons. The fourth-order valence-corrected chi connectivity index (χ4v) is 4.24. The smallest absolute Gasteiger partial charge is 0.253 e. The predicted molar refractivity (Wildman–Crippen MR) is 136 cm³/mol. The second-order valence-electron chi connectivity index (χ2n) is 7.64. The number of amides is 2. The van der Waals surface area contributed by atoms with Crippen molar-refractivity contribution in [3.05, 3.63) is 96.3 Å². The Bertz CT molecular complexity index is 1310. The normalized spacial score (nSPS) is 11.5. The molecule has 1 atom stereocenters. The largest absolute Gasteiger partial charge is 0.495 e. The van der Waals surface area contributed by atoms with Crippen molar-refractivity contribution in [2.24, 2.45) is 0 Å². The van der Waals surface area contributed by atoms with Gasteiger partial charge in [0, 0.05) is 0 Å². The maximum absolute atomic E-state index is 12.9. The summed E-state index contributed by atoms with van der Waals surface area (Å²) in [6.07, 6.45) is 1.58. The van der Waals surface area contributed by atoms with Crippen LogP contribution in [-0.4, -0.2) is 39.4 Å². The number of thioether (sulfide) groups is 1. The van der Waals surface area contributed by atoms with Gasteiger partial charge in [-0.05, 0) is 36.8 Å². The molecular weight excluding hydrogens is 462 g/mol. The number of ether oxygens (including phenoxy) is 1. The van der Waals surface area contributed by atoms with E-state index in [1.165, 1.54) is 11.8 Å². The van der Waals surface area contributed by atoms with E-state index >= 15 is 0 Å². The molecular formula is C26H25N5O3S. The average molecular weight is 488 g/mol. The fourth-order valence-electron chi connectivity index (χ4n) is 3.52. The van der Waals surface area contributed by atoms with Crippen LogP contribution in [0.1, 0.15) is 28.9 Å². The SMILES string of the molecule is COc1ccccc1-n1cnnc1SCC(=O)Nc1ccccc1C(=O)N[C@H](C)c1ccccc1. The standard InChI is InChI=1S/C26H25N5O3S/c1-18(19-10-4-3-5-11-19)28-25(33)20-12-6-7-13-21(20)29-24(32)16-35-26-30-27-17-31(26)22-14-8-9-15-23(22)34-2/h3-15,17-18H,16H2,1-2H3,(H,28,33)(H,29,32)/t18-/m1/s1. The number of para-hydroxylation sites is 3. The quantitative estimate of drug-likeness (QED) is 0.338. The van der Waals surface area contributed by atoms with Crippen LogP contribution < -0.4 is 15.4 Å². The van der Waals surface area contributed by atoms with Gasteiger partial charge in [-0.3, -0.25) is 14.2 Å². The Morgan fingerprint density at radius 2 is 1.71 bits per heavy atom. The first kappa shape index (κ1) is 24.0. The van der Waals surface area contributed by atoms with Gasteiger partial charge < -0.3 is 15.4 Å². The minimum atomic E-state index is -0.263. The van der Waals surface area contributed by atoms with Gasteiger partial charge >= 0.3 is 0 Å². The number of carbonyl (C=O) groups is 2. The summed E-state index contributed by atoms with van der Waals surface area (Å²) in [6, 6.07) is 24.0. The maximum Gasteiger partial charge on any atom is 0.253 e. The number of benzene rings is 3. The van der Waals surface area contributed by atoms with Crippen LogP contribution in [-0.2, 0) is 4.79 Å². The minimum Gasteiger partial charge on any atom is -0.495 e. The van der Waals surface area contributed by atoms with Crippen LogP contribution >= 0.6 is 11.8 Å². The van der Waals surface area contributed by atoms with E-state index in [4.69, 9.17) is 4.74 Å². The van der Waals surface area contributed by atoms with E-state index in [1.807, 2.05) is 61.5 Å². The molecule has 1 aromatic heterocycles. The van der Waals surface area contributed by atoms with Gasteiger partial charge in [0.25, 0.3) is 5.91 Å². The topological polar surface area (TPSA) is 98.1 Å². The monoisotopic (exact) mass is 487 g/mol. The molecule has 0 aliphatic rings. The van der Waals surface area contributed by atoms with Crippen molar-refractivity contribution in [1.82, 2.24) is 20.1 Å². The Balaban J connectivity index is 1.41. The molecule has 0 saturated carbocycles. The average Bonchev–Trinajstić information content (AvgIpc) is 3.36. The van der Waals surface area contributed by atoms with E-state index in [0.29, 0.717) is 22.2 Å². The Morgan fingerprint density at radius 1 is 1.00 bits per heavy atom. The van der Waals surface area contributed by atoms with Crippen LogP contribution in [0.2, 0.25) is 0 Å². The molecule has 0 fully saturated rings. The van der Waals surface area contributed by atoms with Crippen molar-refractivity contribution in [2.75, 3.05) is 18.2 Å². The highest BCUT2D eigenvalue weighted by molar-refractivity contribution is 7.99. The maximum atomic E-state index is 12.9. The lowest BCUT2D eigenvalue weighted by molar-refractivity contribution is -0.113. The summed E-state index contributed by atoms with van der Waals surface area (Å²) in [4.78, 5) is 25.7. The van der Waals surface area contributed by atoms with Gasteiger partial charge in [0.15, 0.2) is 5.16 Å².